The van der Waals surface area contributed by atoms with Crippen molar-refractivity contribution < 1.29 is 9.90 Å². The van der Waals surface area contributed by atoms with Crippen LogP contribution in [0.3, 0.4) is 0 Å². The number of rotatable bonds is 2. The zero-order valence-corrected chi connectivity index (χ0v) is 6.82. The number of hydrogen-bond acceptors (Lipinski definition) is 2. The minimum absolute atomic E-state index is 0.00454. The van der Waals surface area contributed by atoms with Gasteiger partial charge in [0.05, 0.1) is 18.1 Å². The van der Waals surface area contributed by atoms with Gasteiger partial charge in [-0.2, -0.15) is 0 Å². The molecule has 0 spiro atoms. The Balaban J connectivity index is 2.67. The molecule has 1 fully saturated rings. The quantitative estimate of drug-likeness (QED) is 0.451. The fraction of sp³-hybridized carbons (Fsp3) is 0.625. The van der Waals surface area contributed by atoms with Crippen LogP contribution in [-0.2, 0) is 4.79 Å². The lowest BCUT2D eigenvalue weighted by molar-refractivity contribution is -0.156. The molecular weight excluding hydrogens is 142 g/mol. The molecule has 1 aliphatic rings. The summed E-state index contributed by atoms with van der Waals surface area (Å²) in [4.78, 5) is 12.7. The molecule has 0 aromatic rings. The average Bonchev–Trinajstić information content (AvgIpc) is 1.96. The highest BCUT2D eigenvalue weighted by Crippen LogP contribution is 2.28. The maximum Gasteiger partial charge on any atom is 0.230 e. The summed E-state index contributed by atoms with van der Waals surface area (Å²) in [5.41, 5.74) is 0. The van der Waals surface area contributed by atoms with Crippen LogP contribution in [0.2, 0.25) is 0 Å². The Morgan fingerprint density at radius 3 is 2.64 bits per heavy atom. The van der Waals surface area contributed by atoms with Crippen molar-refractivity contribution in [3.63, 3.8) is 0 Å². The number of nitrogens with zero attached hydrogens (tertiary/aromatic N) is 1. The van der Waals surface area contributed by atoms with E-state index < -0.39 is 6.10 Å². The lowest BCUT2D eigenvalue weighted by Crippen LogP contribution is -2.61. The first-order chi connectivity index (χ1) is 5.09. The van der Waals surface area contributed by atoms with E-state index in [-0.39, 0.29) is 17.9 Å². The minimum atomic E-state index is -0.568. The van der Waals surface area contributed by atoms with Crippen LogP contribution >= 0.6 is 0 Å². The molecule has 0 aliphatic carbocycles. The molecule has 11 heavy (non-hydrogen) atoms. The van der Waals surface area contributed by atoms with Gasteiger partial charge in [-0.05, 0) is 6.92 Å². The third-order valence-corrected chi connectivity index (χ3v) is 2.21. The van der Waals surface area contributed by atoms with Crippen molar-refractivity contribution in [2.45, 2.75) is 19.1 Å². The smallest absolute Gasteiger partial charge is 0.230 e. The van der Waals surface area contributed by atoms with Gasteiger partial charge >= 0.3 is 0 Å². The van der Waals surface area contributed by atoms with Crippen molar-refractivity contribution in [1.29, 1.82) is 0 Å². The molecule has 0 aromatic carbocycles. The van der Waals surface area contributed by atoms with Crippen LogP contribution in [-0.4, -0.2) is 35.1 Å². The number of carbonyl (C=O) groups is 1. The monoisotopic (exact) mass is 155 g/mol. The number of likely N-dealkylation sites (tertiary alicyclic amines) is 1. The van der Waals surface area contributed by atoms with Gasteiger partial charge in [0, 0.05) is 7.05 Å². The predicted octanol–water partition coefficient (Wildman–Crippen LogP) is 0.01000. The molecule has 0 radical (unpaired) electrons. The van der Waals surface area contributed by atoms with E-state index in [1.54, 1.807) is 24.9 Å². The maximum atomic E-state index is 11.1. The Labute approximate surface area is 66.3 Å². The van der Waals surface area contributed by atoms with E-state index >= 15 is 0 Å². The number of hydrogen-bond donors (Lipinski definition) is 1. The fourth-order valence-corrected chi connectivity index (χ4v) is 1.48. The summed E-state index contributed by atoms with van der Waals surface area (Å²) < 4.78 is 0. The van der Waals surface area contributed by atoms with Crippen molar-refractivity contribution in [2.75, 3.05) is 7.05 Å². The van der Waals surface area contributed by atoms with Gasteiger partial charge in [0.25, 0.3) is 0 Å². The number of amides is 1. The Kier molecular flexibility index (Phi) is 2.00. The topological polar surface area (TPSA) is 40.5 Å². The highest BCUT2D eigenvalue weighted by Gasteiger charge is 2.45. The summed E-state index contributed by atoms with van der Waals surface area (Å²) in [7, 11) is 1.72. The summed E-state index contributed by atoms with van der Waals surface area (Å²) in [5, 5.41) is 9.17. The molecule has 0 bridgehead atoms. The van der Waals surface area contributed by atoms with Crippen molar-refractivity contribution in [2.24, 2.45) is 5.92 Å². The molecule has 62 valence electrons. The first-order valence-corrected chi connectivity index (χ1v) is 3.67. The van der Waals surface area contributed by atoms with Crippen LogP contribution in [0.5, 0.6) is 0 Å². The second-order valence-electron chi connectivity index (χ2n) is 2.94. The van der Waals surface area contributed by atoms with Gasteiger partial charge in [-0.15, -0.1) is 6.58 Å². The van der Waals surface area contributed by atoms with Crippen molar-refractivity contribution >= 4 is 5.91 Å². The number of carbonyl (C=O) groups excluding carboxylic acids is 1. The van der Waals surface area contributed by atoms with E-state index in [9.17, 15) is 4.79 Å². The Morgan fingerprint density at radius 1 is 1.82 bits per heavy atom. The molecule has 1 amide bonds. The number of likely N-dealkylation sites (N-methyl/N-ethyl adjacent to an activating group) is 1. The molecule has 3 atom stereocenters. The summed E-state index contributed by atoms with van der Waals surface area (Å²) in [6.07, 6.45) is 1.13. The highest BCUT2D eigenvalue weighted by molar-refractivity contribution is 5.87. The SMILES string of the molecule is C=CC1C(C(C)O)C(=O)N1C. The highest BCUT2D eigenvalue weighted by atomic mass is 16.3. The number of aliphatic hydroxyl groups excluding tert-OH is 1. The van der Waals surface area contributed by atoms with Gasteiger partial charge in [0.15, 0.2) is 0 Å². The zero-order valence-electron chi connectivity index (χ0n) is 6.82. The van der Waals surface area contributed by atoms with E-state index in [1.807, 2.05) is 0 Å². The molecule has 1 rings (SSSR count). The molecular formula is C8H13NO2. The first kappa shape index (κ1) is 8.27. The average molecular weight is 155 g/mol. The molecule has 1 aliphatic heterocycles. The lowest BCUT2D eigenvalue weighted by atomic mass is 9.84. The molecule has 1 N–H and O–H groups in total. The Morgan fingerprint density at radius 2 is 2.36 bits per heavy atom. The van der Waals surface area contributed by atoms with E-state index in [2.05, 4.69) is 6.58 Å². The summed E-state index contributed by atoms with van der Waals surface area (Å²) in [6, 6.07) is 0.0162. The first-order valence-electron chi connectivity index (χ1n) is 3.67. The molecule has 3 unspecified atom stereocenters. The van der Waals surface area contributed by atoms with Crippen molar-refractivity contribution in [3.8, 4) is 0 Å². The van der Waals surface area contributed by atoms with Gasteiger partial charge in [-0.1, -0.05) is 6.08 Å². The molecule has 1 heterocycles. The predicted molar refractivity (Wildman–Crippen MR) is 41.9 cm³/mol. The number of aliphatic hydroxyl groups is 1. The lowest BCUT2D eigenvalue weighted by Gasteiger charge is -2.44. The minimum Gasteiger partial charge on any atom is -0.392 e. The van der Waals surface area contributed by atoms with Gasteiger partial charge in [-0.3, -0.25) is 4.79 Å². The van der Waals surface area contributed by atoms with Gasteiger partial charge in [-0.25, -0.2) is 0 Å². The van der Waals surface area contributed by atoms with Crippen molar-refractivity contribution in [1.82, 2.24) is 4.90 Å². The fourth-order valence-electron chi connectivity index (χ4n) is 1.48. The standard InChI is InChI=1S/C8H13NO2/c1-4-6-7(5(2)10)8(11)9(6)3/h4-7,10H,1H2,2-3H3. The maximum absolute atomic E-state index is 11.1. The summed E-state index contributed by atoms with van der Waals surface area (Å²) >= 11 is 0. The van der Waals surface area contributed by atoms with Crippen LogP contribution in [0.25, 0.3) is 0 Å². The number of β-lactam (4-membered cyclic amide) rings is 1. The second-order valence-corrected chi connectivity index (χ2v) is 2.94. The largest absolute Gasteiger partial charge is 0.392 e. The van der Waals surface area contributed by atoms with Crippen LogP contribution in [0.1, 0.15) is 6.92 Å². The molecule has 0 saturated carbocycles. The van der Waals surface area contributed by atoms with Crippen molar-refractivity contribution in [3.05, 3.63) is 12.7 Å². The molecule has 0 aromatic heterocycles. The normalized spacial score (nSPS) is 33.0. The van der Waals surface area contributed by atoms with Gasteiger partial charge < -0.3 is 10.0 Å². The van der Waals surface area contributed by atoms with E-state index in [0.717, 1.165) is 0 Å². The van der Waals surface area contributed by atoms with Crippen LogP contribution < -0.4 is 0 Å². The molecule has 3 nitrogen and oxygen atoms in total. The summed E-state index contributed by atoms with van der Waals surface area (Å²) in [5.74, 6) is -0.262. The molecule has 1 saturated heterocycles. The summed E-state index contributed by atoms with van der Waals surface area (Å²) in [6.45, 7) is 5.23. The van der Waals surface area contributed by atoms with Crippen LogP contribution in [0.4, 0.5) is 0 Å². The third-order valence-electron chi connectivity index (χ3n) is 2.21. The van der Waals surface area contributed by atoms with Crippen LogP contribution in [0, 0.1) is 5.92 Å². The van der Waals surface area contributed by atoms with Crippen LogP contribution in [0.15, 0.2) is 12.7 Å². The van der Waals surface area contributed by atoms with E-state index in [0.29, 0.717) is 0 Å². The van der Waals surface area contributed by atoms with E-state index in [1.165, 1.54) is 0 Å². The van der Waals surface area contributed by atoms with Gasteiger partial charge in [0.1, 0.15) is 0 Å². The third kappa shape index (κ3) is 1.05. The van der Waals surface area contributed by atoms with E-state index in [4.69, 9.17) is 5.11 Å². The zero-order chi connectivity index (χ0) is 8.59. The molecule has 3 heteroatoms. The Hall–Kier alpha value is -0.830. The Bertz CT molecular complexity index is 189. The second kappa shape index (κ2) is 2.66. The van der Waals surface area contributed by atoms with Gasteiger partial charge in [0.2, 0.25) is 5.91 Å².